The van der Waals surface area contributed by atoms with E-state index in [1.165, 1.54) is 19.3 Å². The molecule has 0 atom stereocenters. The summed E-state index contributed by atoms with van der Waals surface area (Å²) in [6, 6.07) is 8.82. The second-order valence-electron chi connectivity index (χ2n) is 5.08. The molecule has 1 aromatic carbocycles. The van der Waals surface area contributed by atoms with Crippen LogP contribution in [0.25, 0.3) is 0 Å². The second-order valence-corrected chi connectivity index (χ2v) is 9.36. The molecule has 0 heterocycles. The van der Waals surface area contributed by atoms with Crippen molar-refractivity contribution in [3.8, 4) is 0 Å². The smallest absolute Gasteiger partial charge is 0.201 e. The predicted molar refractivity (Wildman–Crippen MR) is 90.4 cm³/mol. The van der Waals surface area contributed by atoms with Gasteiger partial charge in [-0.15, -0.1) is 0 Å². The molecule has 0 aliphatic heterocycles. The first-order chi connectivity index (χ1) is 10.0. The molecule has 0 spiro atoms. The van der Waals surface area contributed by atoms with Crippen molar-refractivity contribution < 1.29 is 13.2 Å². The summed E-state index contributed by atoms with van der Waals surface area (Å²) in [6.07, 6.45) is 6.32. The van der Waals surface area contributed by atoms with E-state index in [0.29, 0.717) is 12.0 Å². The standard InChI is InChI=1S/C16H24O3S2/c1-2-3-4-5-6-10-13-21(18,19)20-14-16(17)15-11-8-7-9-12-15/h7-9,11-12H,2-6,10,13-14H2,1H3. The Bertz CT molecular complexity index is 510. The second kappa shape index (κ2) is 10.0. The Balaban J connectivity index is 2.25. The van der Waals surface area contributed by atoms with E-state index in [1.54, 1.807) is 24.3 Å². The fourth-order valence-corrected chi connectivity index (χ4v) is 4.66. The van der Waals surface area contributed by atoms with Crippen LogP contribution in [0.4, 0.5) is 0 Å². The molecule has 0 aliphatic carbocycles. The fourth-order valence-electron chi connectivity index (χ4n) is 1.97. The number of unbranched alkanes of at least 4 members (excludes halogenated alkanes) is 5. The Kier molecular flexibility index (Phi) is 8.69. The molecule has 0 aromatic heterocycles. The number of carbonyl (C=O) groups is 1. The number of rotatable bonds is 11. The molecule has 21 heavy (non-hydrogen) atoms. The maximum Gasteiger partial charge on any atom is 0.201 e. The molecule has 0 fully saturated rings. The summed E-state index contributed by atoms with van der Waals surface area (Å²) in [5.41, 5.74) is 0.569. The van der Waals surface area contributed by atoms with Gasteiger partial charge in [0.2, 0.25) is 8.87 Å². The molecule has 0 bridgehead atoms. The lowest BCUT2D eigenvalue weighted by Gasteiger charge is -2.04. The summed E-state index contributed by atoms with van der Waals surface area (Å²) in [4.78, 5) is 11.9. The fraction of sp³-hybridized carbons (Fsp3) is 0.562. The number of hydrogen-bond donors (Lipinski definition) is 0. The molecule has 0 saturated carbocycles. The van der Waals surface area contributed by atoms with Crippen molar-refractivity contribution in [1.82, 2.24) is 0 Å². The Labute approximate surface area is 131 Å². The van der Waals surface area contributed by atoms with Gasteiger partial charge in [0, 0.05) is 5.56 Å². The van der Waals surface area contributed by atoms with Crippen LogP contribution in [0, 0.1) is 0 Å². The van der Waals surface area contributed by atoms with Gasteiger partial charge in [0.25, 0.3) is 0 Å². The molecule has 3 nitrogen and oxygen atoms in total. The van der Waals surface area contributed by atoms with Crippen molar-refractivity contribution in [2.24, 2.45) is 0 Å². The van der Waals surface area contributed by atoms with Gasteiger partial charge in [0.15, 0.2) is 5.78 Å². The summed E-state index contributed by atoms with van der Waals surface area (Å²) in [7, 11) is -2.41. The monoisotopic (exact) mass is 328 g/mol. The number of ketones is 1. The van der Waals surface area contributed by atoms with E-state index in [9.17, 15) is 13.2 Å². The summed E-state index contributed by atoms with van der Waals surface area (Å²) in [6.45, 7) is 2.16. The summed E-state index contributed by atoms with van der Waals surface area (Å²) >= 11 is 0. The maximum atomic E-state index is 11.9. The Morgan fingerprint density at radius 2 is 1.62 bits per heavy atom. The molecular weight excluding hydrogens is 304 g/mol. The van der Waals surface area contributed by atoms with E-state index >= 15 is 0 Å². The third kappa shape index (κ3) is 8.27. The van der Waals surface area contributed by atoms with Gasteiger partial charge in [-0.2, -0.15) is 0 Å². The van der Waals surface area contributed by atoms with Gasteiger partial charge in [-0.05, 0) is 17.2 Å². The van der Waals surface area contributed by atoms with E-state index in [2.05, 4.69) is 6.92 Å². The SMILES string of the molecule is CCCCCCCCS(=O)(=O)SCC(=O)c1ccccc1. The van der Waals surface area contributed by atoms with Crippen LogP contribution in [-0.4, -0.2) is 25.7 Å². The highest BCUT2D eigenvalue weighted by molar-refractivity contribution is 8.72. The van der Waals surface area contributed by atoms with Gasteiger partial charge in [-0.3, -0.25) is 4.79 Å². The number of benzene rings is 1. The lowest BCUT2D eigenvalue weighted by molar-refractivity contribution is 0.102. The lowest BCUT2D eigenvalue weighted by Crippen LogP contribution is -2.08. The molecule has 0 amide bonds. The topological polar surface area (TPSA) is 51.2 Å². The molecular formula is C16H24O3S2. The first-order valence-corrected chi connectivity index (χ1v) is 10.7. The molecule has 1 rings (SSSR count). The van der Waals surface area contributed by atoms with Crippen molar-refractivity contribution in [3.63, 3.8) is 0 Å². The van der Waals surface area contributed by atoms with E-state index < -0.39 is 8.87 Å². The molecule has 5 heteroatoms. The van der Waals surface area contributed by atoms with Gasteiger partial charge in [-0.25, -0.2) is 8.42 Å². The van der Waals surface area contributed by atoms with E-state index in [-0.39, 0.29) is 17.3 Å². The number of carbonyl (C=O) groups excluding carboxylic acids is 1. The van der Waals surface area contributed by atoms with Crippen LogP contribution in [0.15, 0.2) is 30.3 Å². The molecule has 0 unspecified atom stereocenters. The van der Waals surface area contributed by atoms with E-state index in [1.807, 2.05) is 6.07 Å². The van der Waals surface area contributed by atoms with Gasteiger partial charge in [-0.1, -0.05) is 69.4 Å². The van der Waals surface area contributed by atoms with Crippen molar-refractivity contribution in [1.29, 1.82) is 0 Å². The summed E-state index contributed by atoms with van der Waals surface area (Å²) in [5.74, 6) is 0.0424. The average Bonchev–Trinajstić information content (AvgIpc) is 2.49. The zero-order valence-electron chi connectivity index (χ0n) is 12.6. The van der Waals surface area contributed by atoms with Crippen molar-refractivity contribution in [2.75, 3.05) is 11.5 Å². The van der Waals surface area contributed by atoms with Gasteiger partial charge in [0.05, 0.1) is 11.5 Å². The minimum atomic E-state index is -3.18. The average molecular weight is 328 g/mol. The first-order valence-electron chi connectivity index (χ1n) is 7.50. The van der Waals surface area contributed by atoms with Gasteiger partial charge in [0.1, 0.15) is 0 Å². The number of hydrogen-bond acceptors (Lipinski definition) is 4. The Hall–Kier alpha value is -0.810. The molecule has 118 valence electrons. The third-order valence-corrected chi connectivity index (χ3v) is 6.67. The van der Waals surface area contributed by atoms with Crippen LogP contribution in [-0.2, 0) is 8.87 Å². The van der Waals surface area contributed by atoms with Gasteiger partial charge < -0.3 is 0 Å². The summed E-state index contributed by atoms with van der Waals surface area (Å²) in [5, 5.41) is 0. The van der Waals surface area contributed by atoms with Crippen molar-refractivity contribution in [2.45, 2.75) is 45.4 Å². The van der Waals surface area contributed by atoms with Gasteiger partial charge >= 0.3 is 0 Å². The maximum absolute atomic E-state index is 11.9. The van der Waals surface area contributed by atoms with Crippen LogP contribution >= 0.6 is 10.8 Å². The molecule has 0 aliphatic rings. The third-order valence-electron chi connectivity index (χ3n) is 3.21. The number of Topliss-reactive ketones (excluding diaryl/α,β-unsaturated/α-hetero) is 1. The molecule has 0 N–H and O–H groups in total. The molecule has 0 radical (unpaired) electrons. The van der Waals surface area contributed by atoms with Crippen LogP contribution in [0.5, 0.6) is 0 Å². The highest BCUT2D eigenvalue weighted by Crippen LogP contribution is 2.18. The minimum absolute atomic E-state index is 0.00216. The predicted octanol–water partition coefficient (Wildman–Crippen LogP) is 4.29. The van der Waals surface area contributed by atoms with Crippen LogP contribution in [0.2, 0.25) is 0 Å². The summed E-state index contributed by atoms with van der Waals surface area (Å²) < 4.78 is 23.7. The largest absolute Gasteiger partial charge is 0.293 e. The zero-order valence-corrected chi connectivity index (χ0v) is 14.2. The Morgan fingerprint density at radius 3 is 2.29 bits per heavy atom. The highest BCUT2D eigenvalue weighted by atomic mass is 33.1. The molecule has 0 saturated heterocycles. The van der Waals surface area contributed by atoms with Crippen LogP contribution < -0.4 is 0 Å². The van der Waals surface area contributed by atoms with Crippen molar-refractivity contribution in [3.05, 3.63) is 35.9 Å². The lowest BCUT2D eigenvalue weighted by atomic mass is 10.1. The first kappa shape index (κ1) is 18.2. The quantitative estimate of drug-likeness (QED) is 0.345. The molecule has 1 aromatic rings. The highest BCUT2D eigenvalue weighted by Gasteiger charge is 2.15. The van der Waals surface area contributed by atoms with Crippen LogP contribution in [0.3, 0.4) is 0 Å². The van der Waals surface area contributed by atoms with E-state index in [0.717, 1.165) is 23.6 Å². The zero-order chi connectivity index (χ0) is 15.6. The Morgan fingerprint density at radius 1 is 1.00 bits per heavy atom. The van der Waals surface area contributed by atoms with Crippen molar-refractivity contribution >= 4 is 25.4 Å². The minimum Gasteiger partial charge on any atom is -0.293 e. The van der Waals surface area contributed by atoms with Crippen LogP contribution in [0.1, 0.15) is 55.8 Å². The normalized spacial score (nSPS) is 11.5. The van der Waals surface area contributed by atoms with E-state index in [4.69, 9.17) is 0 Å².